The fraction of sp³-hybridized carbons (Fsp3) is 1.00. The number of nitrogens with zero attached hydrogens (tertiary/aromatic N) is 1. The molecule has 0 heterocycles. The molecule has 0 bridgehead atoms. The van der Waals surface area contributed by atoms with Crippen molar-refractivity contribution in [2.75, 3.05) is 20.3 Å². The minimum Gasteiger partial charge on any atom is -0.316 e. The summed E-state index contributed by atoms with van der Waals surface area (Å²) in [7, 11) is 1.80. The summed E-state index contributed by atoms with van der Waals surface area (Å²) in [6.45, 7) is 3.06. The third-order valence-corrected chi connectivity index (χ3v) is 0.607. The molecule has 0 spiro atoms. The SMILES string of the molecule is CCON(C)CN. The van der Waals surface area contributed by atoms with Crippen LogP contribution in [0.3, 0.4) is 0 Å². The Bertz CT molecular complexity index is 40.7. The fourth-order valence-corrected chi connectivity index (χ4v) is 0.273. The summed E-state index contributed by atoms with van der Waals surface area (Å²) >= 11 is 0. The topological polar surface area (TPSA) is 38.5 Å². The van der Waals surface area contributed by atoms with Crippen LogP contribution in [0, 0.1) is 0 Å². The predicted octanol–water partition coefficient (Wildman–Crippen LogP) is -0.214. The molecule has 44 valence electrons. The highest BCUT2D eigenvalue weighted by atomic mass is 16.7. The molecule has 0 saturated heterocycles. The molecule has 0 atom stereocenters. The van der Waals surface area contributed by atoms with Crippen LogP contribution in [-0.4, -0.2) is 25.4 Å². The Morgan fingerprint density at radius 1 is 1.71 bits per heavy atom. The Morgan fingerprint density at radius 2 is 2.29 bits per heavy atom. The van der Waals surface area contributed by atoms with Gasteiger partial charge < -0.3 is 5.73 Å². The molecule has 0 radical (unpaired) electrons. The lowest BCUT2D eigenvalue weighted by atomic mass is 10.9. The van der Waals surface area contributed by atoms with Crippen molar-refractivity contribution >= 4 is 0 Å². The summed E-state index contributed by atoms with van der Waals surface area (Å²) in [5.74, 6) is 0. The predicted molar refractivity (Wildman–Crippen MR) is 28.4 cm³/mol. The van der Waals surface area contributed by atoms with E-state index in [1.165, 1.54) is 0 Å². The summed E-state index contributed by atoms with van der Waals surface area (Å²) in [5.41, 5.74) is 5.16. The molecule has 0 aromatic carbocycles. The van der Waals surface area contributed by atoms with Gasteiger partial charge in [-0.3, -0.25) is 4.84 Å². The maximum atomic E-state index is 5.16. The maximum Gasteiger partial charge on any atom is 0.0703 e. The van der Waals surface area contributed by atoms with E-state index in [9.17, 15) is 0 Å². The van der Waals surface area contributed by atoms with Gasteiger partial charge in [-0.05, 0) is 6.92 Å². The molecule has 2 N–H and O–H groups in total. The molecule has 0 aliphatic rings. The third kappa shape index (κ3) is 3.72. The number of nitrogens with two attached hydrogens (primary N) is 1. The Balaban J connectivity index is 2.83. The monoisotopic (exact) mass is 104 g/mol. The molecule has 0 aromatic heterocycles. The van der Waals surface area contributed by atoms with E-state index in [0.717, 1.165) is 0 Å². The zero-order chi connectivity index (χ0) is 5.70. The van der Waals surface area contributed by atoms with Crippen LogP contribution in [0.4, 0.5) is 0 Å². The second kappa shape index (κ2) is 4.05. The van der Waals surface area contributed by atoms with Gasteiger partial charge in [0, 0.05) is 7.05 Å². The summed E-state index contributed by atoms with van der Waals surface area (Å²) in [6.07, 6.45) is 0. The maximum absolute atomic E-state index is 5.16. The molecule has 0 aromatic rings. The zero-order valence-corrected chi connectivity index (χ0v) is 4.85. The smallest absolute Gasteiger partial charge is 0.0703 e. The lowest BCUT2D eigenvalue weighted by molar-refractivity contribution is -0.132. The second-order valence-corrected chi connectivity index (χ2v) is 1.23. The first-order valence-corrected chi connectivity index (χ1v) is 2.35. The van der Waals surface area contributed by atoms with Gasteiger partial charge in [-0.2, -0.15) is 5.06 Å². The molecule has 3 nitrogen and oxygen atoms in total. The molecule has 0 unspecified atom stereocenters. The number of hydroxylamine groups is 2. The molecular formula is C4H12N2O. The first-order chi connectivity index (χ1) is 3.31. The molecule has 3 heteroatoms. The molecule has 0 saturated carbocycles. The Kier molecular flexibility index (Phi) is 3.98. The number of rotatable bonds is 3. The van der Waals surface area contributed by atoms with Crippen molar-refractivity contribution in [1.29, 1.82) is 0 Å². The molecular weight excluding hydrogens is 92.1 g/mol. The van der Waals surface area contributed by atoms with Crippen molar-refractivity contribution in [2.45, 2.75) is 6.92 Å². The van der Waals surface area contributed by atoms with Gasteiger partial charge in [0.1, 0.15) is 0 Å². The van der Waals surface area contributed by atoms with Gasteiger partial charge in [0.15, 0.2) is 0 Å². The van der Waals surface area contributed by atoms with Crippen LogP contribution in [0.15, 0.2) is 0 Å². The van der Waals surface area contributed by atoms with E-state index in [0.29, 0.717) is 13.3 Å². The standard InChI is InChI=1S/C4H12N2O/c1-3-7-6(2)4-5/h3-5H2,1-2H3. The summed E-state index contributed by atoms with van der Waals surface area (Å²) in [4.78, 5) is 4.90. The van der Waals surface area contributed by atoms with Crippen molar-refractivity contribution in [3.8, 4) is 0 Å². The van der Waals surface area contributed by atoms with Crippen LogP contribution in [0.5, 0.6) is 0 Å². The third-order valence-electron chi connectivity index (χ3n) is 0.607. The highest BCUT2D eigenvalue weighted by Crippen LogP contribution is 1.76. The molecule has 0 aliphatic carbocycles. The van der Waals surface area contributed by atoms with E-state index in [1.807, 2.05) is 6.92 Å². The van der Waals surface area contributed by atoms with Gasteiger partial charge in [0.2, 0.25) is 0 Å². The van der Waals surface area contributed by atoms with E-state index >= 15 is 0 Å². The zero-order valence-electron chi connectivity index (χ0n) is 4.85. The quantitative estimate of drug-likeness (QED) is 0.397. The van der Waals surface area contributed by atoms with Crippen LogP contribution in [-0.2, 0) is 4.84 Å². The lowest BCUT2D eigenvalue weighted by Gasteiger charge is -2.10. The van der Waals surface area contributed by atoms with Crippen LogP contribution in [0.1, 0.15) is 6.92 Å². The van der Waals surface area contributed by atoms with E-state index < -0.39 is 0 Å². The average Bonchev–Trinajstić information content (AvgIpc) is 1.68. The normalized spacial score (nSPS) is 10.3. The van der Waals surface area contributed by atoms with Crippen LogP contribution in [0.2, 0.25) is 0 Å². The number of hydrogen-bond donors (Lipinski definition) is 1. The van der Waals surface area contributed by atoms with Gasteiger partial charge in [0.05, 0.1) is 13.3 Å². The summed E-state index contributed by atoms with van der Waals surface area (Å²) in [6, 6.07) is 0. The lowest BCUT2D eigenvalue weighted by Crippen LogP contribution is -2.25. The highest BCUT2D eigenvalue weighted by Gasteiger charge is 1.86. The van der Waals surface area contributed by atoms with E-state index in [2.05, 4.69) is 0 Å². The van der Waals surface area contributed by atoms with Crippen LogP contribution >= 0.6 is 0 Å². The number of hydrogen-bond acceptors (Lipinski definition) is 3. The summed E-state index contributed by atoms with van der Waals surface area (Å²) in [5, 5.41) is 1.58. The van der Waals surface area contributed by atoms with Gasteiger partial charge in [0.25, 0.3) is 0 Å². The molecule has 0 rings (SSSR count). The van der Waals surface area contributed by atoms with Gasteiger partial charge in [-0.1, -0.05) is 0 Å². The van der Waals surface area contributed by atoms with Crippen molar-refractivity contribution in [3.05, 3.63) is 0 Å². The van der Waals surface area contributed by atoms with E-state index in [1.54, 1.807) is 12.1 Å². The van der Waals surface area contributed by atoms with Crippen LogP contribution in [0.25, 0.3) is 0 Å². The minimum absolute atomic E-state index is 0.452. The molecule has 0 amide bonds. The molecule has 0 fully saturated rings. The Labute approximate surface area is 44.0 Å². The van der Waals surface area contributed by atoms with Gasteiger partial charge in [-0.25, -0.2) is 0 Å². The van der Waals surface area contributed by atoms with Crippen molar-refractivity contribution in [2.24, 2.45) is 5.73 Å². The average molecular weight is 104 g/mol. The van der Waals surface area contributed by atoms with Crippen LogP contribution < -0.4 is 5.73 Å². The fourth-order valence-electron chi connectivity index (χ4n) is 0.273. The minimum atomic E-state index is 0.452. The molecule has 7 heavy (non-hydrogen) atoms. The summed E-state index contributed by atoms with van der Waals surface area (Å²) < 4.78 is 0. The van der Waals surface area contributed by atoms with Gasteiger partial charge in [-0.15, -0.1) is 0 Å². The Morgan fingerprint density at radius 3 is 2.43 bits per heavy atom. The van der Waals surface area contributed by atoms with E-state index in [4.69, 9.17) is 10.6 Å². The van der Waals surface area contributed by atoms with E-state index in [-0.39, 0.29) is 0 Å². The first-order valence-electron chi connectivity index (χ1n) is 2.35. The Hall–Kier alpha value is -0.120. The van der Waals surface area contributed by atoms with Gasteiger partial charge >= 0.3 is 0 Å². The largest absolute Gasteiger partial charge is 0.316 e. The highest BCUT2D eigenvalue weighted by molar-refractivity contribution is 4.18. The van der Waals surface area contributed by atoms with Crippen molar-refractivity contribution in [1.82, 2.24) is 5.06 Å². The second-order valence-electron chi connectivity index (χ2n) is 1.23. The van der Waals surface area contributed by atoms with Crippen molar-refractivity contribution < 1.29 is 4.84 Å². The molecule has 0 aliphatic heterocycles. The van der Waals surface area contributed by atoms with Crippen molar-refractivity contribution in [3.63, 3.8) is 0 Å². The first kappa shape index (κ1) is 6.88.